The summed E-state index contributed by atoms with van der Waals surface area (Å²) in [5.74, 6) is 0.505. The Morgan fingerprint density at radius 3 is 3.09 bits per heavy atom. The lowest BCUT2D eigenvalue weighted by molar-refractivity contribution is -0.142. The Balaban J connectivity index is 1.95. The maximum atomic E-state index is 12.5. The zero-order valence-electron chi connectivity index (χ0n) is 13.1. The number of carbonyl (C=O) groups excluding carboxylic acids is 1. The molecule has 5 heteroatoms. The summed E-state index contributed by atoms with van der Waals surface area (Å²) >= 11 is 0. The van der Waals surface area contributed by atoms with Gasteiger partial charge in [-0.3, -0.25) is 4.79 Å². The van der Waals surface area contributed by atoms with E-state index in [1.165, 1.54) is 0 Å². The van der Waals surface area contributed by atoms with Crippen molar-refractivity contribution in [3.8, 4) is 11.8 Å². The highest BCUT2D eigenvalue weighted by Crippen LogP contribution is 2.18. The first-order valence-electron chi connectivity index (χ1n) is 7.71. The molecule has 0 spiro atoms. The summed E-state index contributed by atoms with van der Waals surface area (Å²) in [6.45, 7) is 5.74. The van der Waals surface area contributed by atoms with Crippen LogP contribution in [0.5, 0.6) is 5.75 Å². The minimum atomic E-state index is -0.575. The summed E-state index contributed by atoms with van der Waals surface area (Å²) in [5.41, 5.74) is 0.520. The first kappa shape index (κ1) is 16.3. The summed E-state index contributed by atoms with van der Waals surface area (Å²) in [4.78, 5) is 14.3. The predicted octanol–water partition coefficient (Wildman–Crippen LogP) is 2.35. The zero-order chi connectivity index (χ0) is 15.9. The third-order valence-corrected chi connectivity index (χ3v) is 3.72. The van der Waals surface area contributed by atoms with Gasteiger partial charge >= 0.3 is 0 Å². The van der Waals surface area contributed by atoms with Gasteiger partial charge in [0.2, 0.25) is 0 Å². The Kier molecular flexibility index (Phi) is 5.79. The fraction of sp³-hybridized carbons (Fsp3) is 0.529. The first-order chi connectivity index (χ1) is 10.6. The highest BCUT2D eigenvalue weighted by molar-refractivity contribution is 5.81. The van der Waals surface area contributed by atoms with Gasteiger partial charge in [0.15, 0.2) is 6.10 Å². The quantitative estimate of drug-likeness (QED) is 0.837. The molecule has 0 bridgehead atoms. The van der Waals surface area contributed by atoms with Crippen molar-refractivity contribution >= 4 is 5.91 Å². The Morgan fingerprint density at radius 2 is 2.36 bits per heavy atom. The first-order valence-corrected chi connectivity index (χ1v) is 7.71. The second kappa shape index (κ2) is 7.81. The molecule has 1 aromatic rings. The van der Waals surface area contributed by atoms with Crippen molar-refractivity contribution in [1.82, 2.24) is 4.90 Å². The monoisotopic (exact) mass is 302 g/mol. The van der Waals surface area contributed by atoms with Crippen LogP contribution in [0.15, 0.2) is 24.3 Å². The number of hydrogen-bond acceptors (Lipinski definition) is 4. The van der Waals surface area contributed by atoms with Crippen LogP contribution < -0.4 is 4.74 Å². The topological polar surface area (TPSA) is 62.6 Å². The van der Waals surface area contributed by atoms with Crippen molar-refractivity contribution in [3.63, 3.8) is 0 Å². The molecule has 1 aromatic carbocycles. The standard InChI is InChI=1S/C17H22N2O3/c1-3-21-16-8-5-9-19(12-16)17(20)13(2)22-15-7-4-6-14(10-15)11-18/h4,6-7,10,13,16H,3,5,8-9,12H2,1-2H3. The average Bonchev–Trinajstić information content (AvgIpc) is 2.55. The number of ether oxygens (including phenoxy) is 2. The number of rotatable bonds is 5. The third kappa shape index (κ3) is 4.22. The van der Waals surface area contributed by atoms with Crippen molar-refractivity contribution < 1.29 is 14.3 Å². The molecule has 0 N–H and O–H groups in total. The summed E-state index contributed by atoms with van der Waals surface area (Å²) in [5, 5.41) is 8.89. The van der Waals surface area contributed by atoms with Crippen LogP contribution in [0.2, 0.25) is 0 Å². The second-order valence-corrected chi connectivity index (χ2v) is 5.40. The largest absolute Gasteiger partial charge is 0.481 e. The Hall–Kier alpha value is -2.06. The van der Waals surface area contributed by atoms with E-state index in [0.29, 0.717) is 24.5 Å². The van der Waals surface area contributed by atoms with E-state index in [1.54, 1.807) is 31.2 Å². The molecule has 2 unspecified atom stereocenters. The normalized spacial score (nSPS) is 19.3. The van der Waals surface area contributed by atoms with Crippen molar-refractivity contribution in [2.45, 2.75) is 38.9 Å². The number of amides is 1. The number of carbonyl (C=O) groups is 1. The van der Waals surface area contributed by atoms with E-state index in [9.17, 15) is 4.79 Å². The van der Waals surface area contributed by atoms with Crippen LogP contribution in [0.3, 0.4) is 0 Å². The molecule has 22 heavy (non-hydrogen) atoms. The molecule has 0 saturated carbocycles. The molecule has 0 aromatic heterocycles. The van der Waals surface area contributed by atoms with Crippen LogP contribution in [-0.2, 0) is 9.53 Å². The molecule has 118 valence electrons. The number of hydrogen-bond donors (Lipinski definition) is 0. The minimum absolute atomic E-state index is 0.0354. The van der Waals surface area contributed by atoms with Crippen molar-refractivity contribution in [1.29, 1.82) is 5.26 Å². The summed E-state index contributed by atoms with van der Waals surface area (Å²) in [6, 6.07) is 8.91. The molecule has 1 aliphatic heterocycles. The lowest BCUT2D eigenvalue weighted by atomic mass is 10.1. The minimum Gasteiger partial charge on any atom is -0.481 e. The van der Waals surface area contributed by atoms with Gasteiger partial charge in [0.25, 0.3) is 5.91 Å². The number of benzene rings is 1. The van der Waals surface area contributed by atoms with Gasteiger partial charge in [-0.05, 0) is 44.9 Å². The molecule has 1 amide bonds. The van der Waals surface area contributed by atoms with Crippen LogP contribution in [0.25, 0.3) is 0 Å². The Labute approximate surface area is 131 Å². The molecule has 1 saturated heterocycles. The van der Waals surface area contributed by atoms with Crippen molar-refractivity contribution in [3.05, 3.63) is 29.8 Å². The number of nitriles is 1. The molecule has 1 heterocycles. The molecule has 2 rings (SSSR count). The van der Waals surface area contributed by atoms with Gasteiger partial charge in [0.05, 0.1) is 17.7 Å². The average molecular weight is 302 g/mol. The maximum Gasteiger partial charge on any atom is 0.263 e. The van der Waals surface area contributed by atoms with Crippen molar-refractivity contribution in [2.75, 3.05) is 19.7 Å². The maximum absolute atomic E-state index is 12.5. The molecule has 0 aliphatic carbocycles. The van der Waals surface area contributed by atoms with Gasteiger partial charge < -0.3 is 14.4 Å². The van der Waals surface area contributed by atoms with Crippen molar-refractivity contribution in [2.24, 2.45) is 0 Å². The van der Waals surface area contributed by atoms with Gasteiger partial charge in [-0.1, -0.05) is 6.07 Å². The highest BCUT2D eigenvalue weighted by atomic mass is 16.5. The molecule has 5 nitrogen and oxygen atoms in total. The summed E-state index contributed by atoms with van der Waals surface area (Å²) in [7, 11) is 0. The van der Waals surface area contributed by atoms with E-state index >= 15 is 0 Å². The molecule has 1 fully saturated rings. The highest BCUT2D eigenvalue weighted by Gasteiger charge is 2.28. The van der Waals surface area contributed by atoms with E-state index in [-0.39, 0.29) is 12.0 Å². The lowest BCUT2D eigenvalue weighted by Crippen LogP contribution is -2.48. The smallest absolute Gasteiger partial charge is 0.263 e. The SMILES string of the molecule is CCOC1CCCN(C(=O)C(C)Oc2cccc(C#N)c2)C1. The van der Waals surface area contributed by atoms with Crippen LogP contribution >= 0.6 is 0 Å². The molecule has 1 aliphatic rings. The van der Waals surface area contributed by atoms with Crippen LogP contribution in [0.4, 0.5) is 0 Å². The second-order valence-electron chi connectivity index (χ2n) is 5.40. The molecule has 0 radical (unpaired) electrons. The number of nitrogens with zero attached hydrogens (tertiary/aromatic N) is 2. The van der Waals surface area contributed by atoms with Crippen LogP contribution in [-0.4, -0.2) is 42.7 Å². The Bertz CT molecular complexity index is 551. The predicted molar refractivity (Wildman–Crippen MR) is 82.5 cm³/mol. The van der Waals surface area contributed by atoms with Crippen LogP contribution in [0, 0.1) is 11.3 Å². The summed E-state index contributed by atoms with van der Waals surface area (Å²) in [6.07, 6.45) is 1.50. The fourth-order valence-electron chi connectivity index (χ4n) is 2.66. The molecular formula is C17H22N2O3. The molecular weight excluding hydrogens is 280 g/mol. The summed E-state index contributed by atoms with van der Waals surface area (Å²) < 4.78 is 11.3. The Morgan fingerprint density at radius 1 is 1.55 bits per heavy atom. The van der Waals surface area contributed by atoms with Gasteiger partial charge in [-0.25, -0.2) is 0 Å². The van der Waals surface area contributed by atoms with E-state index in [1.807, 2.05) is 11.8 Å². The van der Waals surface area contributed by atoms with Gasteiger partial charge in [0, 0.05) is 19.7 Å². The third-order valence-electron chi connectivity index (χ3n) is 3.72. The fourth-order valence-corrected chi connectivity index (χ4v) is 2.66. The van der Waals surface area contributed by atoms with E-state index in [0.717, 1.165) is 19.4 Å². The van der Waals surface area contributed by atoms with Gasteiger partial charge in [0.1, 0.15) is 5.75 Å². The van der Waals surface area contributed by atoms with E-state index < -0.39 is 6.10 Å². The number of piperidine rings is 1. The lowest BCUT2D eigenvalue weighted by Gasteiger charge is -2.34. The van der Waals surface area contributed by atoms with E-state index in [4.69, 9.17) is 14.7 Å². The van der Waals surface area contributed by atoms with E-state index in [2.05, 4.69) is 6.07 Å². The van der Waals surface area contributed by atoms with Gasteiger partial charge in [-0.15, -0.1) is 0 Å². The van der Waals surface area contributed by atoms with Crippen LogP contribution in [0.1, 0.15) is 32.3 Å². The number of likely N-dealkylation sites (tertiary alicyclic amines) is 1. The van der Waals surface area contributed by atoms with Gasteiger partial charge in [-0.2, -0.15) is 5.26 Å². The zero-order valence-corrected chi connectivity index (χ0v) is 13.1. The molecule has 2 atom stereocenters.